The number of carbonyl (C=O) groups is 1. The Bertz CT molecular complexity index is 134. The van der Waals surface area contributed by atoms with Crippen molar-refractivity contribution in [2.45, 2.75) is 13.1 Å². The molecule has 0 saturated carbocycles. The molecule has 0 heterocycles. The summed E-state index contributed by atoms with van der Waals surface area (Å²) in [6.07, 6.45) is 1.12. The Labute approximate surface area is 62.5 Å². The molecule has 0 aliphatic carbocycles. The van der Waals surface area contributed by atoms with Crippen LogP contribution >= 0.6 is 0 Å². The number of rotatable bonds is 3. The Balaban J connectivity index is 3.27. The van der Waals surface area contributed by atoms with E-state index in [1.54, 1.807) is 0 Å². The van der Waals surface area contributed by atoms with E-state index in [1.807, 2.05) is 6.08 Å². The monoisotopic (exact) mass is 159 g/mol. The van der Waals surface area contributed by atoms with Gasteiger partial charge in [0.2, 0.25) is 0 Å². The second-order valence-corrected chi connectivity index (χ2v) is 5.18. The Hall–Kier alpha value is -0.773. The summed E-state index contributed by atoms with van der Waals surface area (Å²) in [5, 5.41) is 0. The molecule has 0 unspecified atom stereocenters. The van der Waals surface area contributed by atoms with Crippen LogP contribution in [-0.2, 0) is 4.74 Å². The highest BCUT2D eigenvalue weighted by Gasteiger charge is 1.88. The topological polar surface area (TPSA) is 52.3 Å². The van der Waals surface area contributed by atoms with E-state index in [4.69, 9.17) is 5.73 Å². The zero-order chi connectivity index (χ0) is 7.98. The fourth-order valence-electron chi connectivity index (χ4n) is 0.458. The molecule has 1 amide bonds. The van der Waals surface area contributed by atoms with Crippen molar-refractivity contribution in [1.82, 2.24) is 0 Å². The molecule has 0 radical (unpaired) electrons. The second-order valence-electron chi connectivity index (χ2n) is 2.30. The summed E-state index contributed by atoms with van der Waals surface area (Å²) in [6.45, 7) is 4.67. The normalized spacial score (nSPS) is 10.7. The van der Waals surface area contributed by atoms with Crippen molar-refractivity contribution in [3.63, 3.8) is 0 Å². The third-order valence-electron chi connectivity index (χ3n) is 0.843. The highest BCUT2D eigenvalue weighted by Crippen LogP contribution is 1.83. The SMILES string of the molecule is C[SiH](C)C=CCOC(N)=O. The van der Waals surface area contributed by atoms with Gasteiger partial charge in [0.05, 0.1) is 8.80 Å². The first-order valence-electron chi connectivity index (χ1n) is 3.22. The Morgan fingerprint density at radius 3 is 2.70 bits per heavy atom. The van der Waals surface area contributed by atoms with E-state index in [9.17, 15) is 4.79 Å². The molecule has 0 aromatic rings. The van der Waals surface area contributed by atoms with E-state index in [0.29, 0.717) is 6.61 Å². The van der Waals surface area contributed by atoms with Gasteiger partial charge < -0.3 is 10.5 Å². The molecule has 58 valence electrons. The van der Waals surface area contributed by atoms with Gasteiger partial charge in [-0.15, -0.1) is 0 Å². The van der Waals surface area contributed by atoms with E-state index in [-0.39, 0.29) is 0 Å². The van der Waals surface area contributed by atoms with Crippen molar-refractivity contribution >= 4 is 14.9 Å². The van der Waals surface area contributed by atoms with Crippen LogP contribution in [0, 0.1) is 0 Å². The minimum Gasteiger partial charge on any atom is -0.445 e. The van der Waals surface area contributed by atoms with Gasteiger partial charge in [0.1, 0.15) is 6.61 Å². The molecule has 0 rings (SSSR count). The zero-order valence-electron chi connectivity index (χ0n) is 6.33. The number of carbonyl (C=O) groups excluding carboxylic acids is 1. The minimum atomic E-state index is -0.713. The molecule has 2 N–H and O–H groups in total. The van der Waals surface area contributed by atoms with Gasteiger partial charge in [0.25, 0.3) is 0 Å². The van der Waals surface area contributed by atoms with Crippen molar-refractivity contribution in [3.05, 3.63) is 11.8 Å². The van der Waals surface area contributed by atoms with Gasteiger partial charge in [-0.1, -0.05) is 24.9 Å². The number of nitrogens with two attached hydrogens (primary N) is 1. The Morgan fingerprint density at radius 1 is 1.70 bits per heavy atom. The van der Waals surface area contributed by atoms with Crippen LogP contribution in [0.4, 0.5) is 4.79 Å². The van der Waals surface area contributed by atoms with Crippen LogP contribution in [0.2, 0.25) is 13.1 Å². The third-order valence-corrected chi connectivity index (χ3v) is 1.88. The van der Waals surface area contributed by atoms with E-state index in [0.717, 1.165) is 0 Å². The fourth-order valence-corrected chi connectivity index (χ4v) is 1.11. The van der Waals surface area contributed by atoms with Gasteiger partial charge in [-0.25, -0.2) is 4.79 Å². The molecule has 0 bridgehead atoms. The van der Waals surface area contributed by atoms with E-state index in [2.05, 4.69) is 23.5 Å². The standard InChI is InChI=1S/C6H13NO2Si/c1-10(2)5-3-4-9-6(7)8/h3,5,10H,4H2,1-2H3,(H2,7,8). The van der Waals surface area contributed by atoms with Gasteiger partial charge >= 0.3 is 6.09 Å². The van der Waals surface area contributed by atoms with Crippen LogP contribution in [0.1, 0.15) is 0 Å². The largest absolute Gasteiger partial charge is 0.445 e. The molecule has 0 aromatic heterocycles. The van der Waals surface area contributed by atoms with Crippen LogP contribution < -0.4 is 5.73 Å². The highest BCUT2D eigenvalue weighted by atomic mass is 28.3. The Kier molecular flexibility index (Phi) is 4.66. The summed E-state index contributed by atoms with van der Waals surface area (Å²) >= 11 is 0. The smallest absolute Gasteiger partial charge is 0.404 e. The molecular weight excluding hydrogens is 146 g/mol. The molecule has 0 saturated heterocycles. The number of hydrogen-bond acceptors (Lipinski definition) is 2. The van der Waals surface area contributed by atoms with Crippen molar-refractivity contribution in [2.24, 2.45) is 5.73 Å². The average molecular weight is 159 g/mol. The van der Waals surface area contributed by atoms with Gasteiger partial charge in [0.15, 0.2) is 0 Å². The molecule has 0 atom stereocenters. The molecular formula is C6H13NO2Si. The van der Waals surface area contributed by atoms with Crippen LogP contribution in [0.25, 0.3) is 0 Å². The van der Waals surface area contributed by atoms with E-state index < -0.39 is 14.9 Å². The molecule has 0 spiro atoms. The lowest BCUT2D eigenvalue weighted by Crippen LogP contribution is -2.12. The molecule has 0 fully saturated rings. The van der Waals surface area contributed by atoms with Gasteiger partial charge in [0, 0.05) is 0 Å². The highest BCUT2D eigenvalue weighted by molar-refractivity contribution is 6.61. The first-order valence-corrected chi connectivity index (χ1v) is 6.19. The molecule has 0 aliphatic heterocycles. The molecule has 4 heteroatoms. The second kappa shape index (κ2) is 5.05. The average Bonchev–Trinajstić information content (AvgIpc) is 1.79. The van der Waals surface area contributed by atoms with Gasteiger partial charge in [-0.3, -0.25) is 0 Å². The molecule has 10 heavy (non-hydrogen) atoms. The lowest BCUT2D eigenvalue weighted by atomic mass is 10.7. The quantitative estimate of drug-likeness (QED) is 0.615. The third kappa shape index (κ3) is 7.23. The minimum absolute atomic E-state index is 0.306. The fraction of sp³-hybridized carbons (Fsp3) is 0.500. The maximum absolute atomic E-state index is 10.0. The van der Waals surface area contributed by atoms with Gasteiger partial charge in [-0.2, -0.15) is 0 Å². The maximum atomic E-state index is 10.0. The summed E-state index contributed by atoms with van der Waals surface area (Å²) in [4.78, 5) is 10.0. The van der Waals surface area contributed by atoms with Crippen molar-refractivity contribution < 1.29 is 9.53 Å². The Morgan fingerprint density at radius 2 is 2.30 bits per heavy atom. The number of hydrogen-bond donors (Lipinski definition) is 1. The van der Waals surface area contributed by atoms with Crippen LogP contribution in [0.3, 0.4) is 0 Å². The number of ether oxygens (including phenoxy) is 1. The van der Waals surface area contributed by atoms with Crippen molar-refractivity contribution in [2.75, 3.05) is 6.61 Å². The summed E-state index contributed by atoms with van der Waals surface area (Å²) in [5.74, 6) is 0. The van der Waals surface area contributed by atoms with Crippen molar-refractivity contribution in [3.8, 4) is 0 Å². The summed E-state index contributed by atoms with van der Waals surface area (Å²) in [5.41, 5.74) is 6.81. The first-order chi connectivity index (χ1) is 4.63. The maximum Gasteiger partial charge on any atom is 0.404 e. The first kappa shape index (κ1) is 9.23. The summed E-state index contributed by atoms with van der Waals surface area (Å²) in [7, 11) is -0.646. The molecule has 0 aliphatic rings. The van der Waals surface area contributed by atoms with E-state index in [1.165, 1.54) is 0 Å². The predicted octanol–water partition coefficient (Wildman–Crippen LogP) is 0.664. The number of primary amides is 1. The molecule has 0 aromatic carbocycles. The van der Waals surface area contributed by atoms with E-state index >= 15 is 0 Å². The number of amides is 1. The summed E-state index contributed by atoms with van der Waals surface area (Å²) < 4.78 is 4.47. The van der Waals surface area contributed by atoms with Crippen LogP contribution in [0.15, 0.2) is 11.8 Å². The summed E-state index contributed by atoms with van der Waals surface area (Å²) in [6, 6.07) is 0. The lowest BCUT2D eigenvalue weighted by Gasteiger charge is -1.94. The van der Waals surface area contributed by atoms with Crippen LogP contribution in [0.5, 0.6) is 0 Å². The molecule has 3 nitrogen and oxygen atoms in total. The zero-order valence-corrected chi connectivity index (χ0v) is 7.49. The lowest BCUT2D eigenvalue weighted by molar-refractivity contribution is 0.169. The van der Waals surface area contributed by atoms with Crippen molar-refractivity contribution in [1.29, 1.82) is 0 Å². The predicted molar refractivity (Wildman–Crippen MR) is 43.6 cm³/mol. The van der Waals surface area contributed by atoms with Crippen LogP contribution in [-0.4, -0.2) is 21.5 Å². The van der Waals surface area contributed by atoms with Gasteiger partial charge in [-0.05, 0) is 0 Å².